The molecule has 0 atom stereocenters. The Bertz CT molecular complexity index is 763. The Labute approximate surface area is 148 Å². The van der Waals surface area contributed by atoms with E-state index in [9.17, 15) is 14.4 Å². The first-order valence-corrected chi connectivity index (χ1v) is 7.33. The van der Waals surface area contributed by atoms with Gasteiger partial charge in [-0.05, 0) is 18.2 Å². The fourth-order valence-electron chi connectivity index (χ4n) is 1.53. The van der Waals surface area contributed by atoms with Crippen molar-refractivity contribution < 1.29 is 19.5 Å². The van der Waals surface area contributed by atoms with Crippen molar-refractivity contribution in [3.05, 3.63) is 28.8 Å². The number of carboxylic acids is 1. The van der Waals surface area contributed by atoms with Crippen LogP contribution in [0.2, 0.25) is 5.02 Å². The van der Waals surface area contributed by atoms with Crippen molar-refractivity contribution in [1.29, 1.82) is 0 Å². The number of nitrogens with two attached hydrogens (primary N) is 2. The number of nitrogens with one attached hydrogen (secondary N) is 2. The molecule has 0 saturated carbocycles. The van der Waals surface area contributed by atoms with Gasteiger partial charge in [0.25, 0.3) is 11.8 Å². The second kappa shape index (κ2) is 9.79. The zero-order valence-electron chi connectivity index (χ0n) is 13.0. The van der Waals surface area contributed by atoms with Gasteiger partial charge in [0.1, 0.15) is 0 Å². The number of rotatable bonds is 6. The third-order valence-electron chi connectivity index (χ3n) is 2.62. The Balaban J connectivity index is 2.55. The molecular weight excluding hydrogens is 350 g/mol. The van der Waals surface area contributed by atoms with Crippen LogP contribution in [0.1, 0.15) is 23.2 Å². The molecule has 9 nitrogen and oxygen atoms in total. The van der Waals surface area contributed by atoms with Crippen molar-refractivity contribution >= 4 is 41.0 Å². The summed E-state index contributed by atoms with van der Waals surface area (Å²) < 4.78 is 0. The van der Waals surface area contributed by atoms with Gasteiger partial charge in [0, 0.05) is 18.0 Å². The summed E-state index contributed by atoms with van der Waals surface area (Å²) in [4.78, 5) is 37.6. The summed E-state index contributed by atoms with van der Waals surface area (Å²) in [7, 11) is 0. The smallest absolute Gasteiger partial charge is 0.304 e. The molecule has 0 heterocycles. The maximum absolute atomic E-state index is 12.0. The van der Waals surface area contributed by atoms with Gasteiger partial charge >= 0.3 is 5.97 Å². The summed E-state index contributed by atoms with van der Waals surface area (Å²) in [6.07, 6.45) is -0.00534. The Morgan fingerprint density at radius 3 is 2.64 bits per heavy atom. The minimum absolute atomic E-state index is 0.111. The standard InChI is InChI=1S/C15H16ClN5O4/c16-10-5-4-9(7-11(10)21-15(17)18)14(25)20-8-12(22)19-6-2-1-3-13(23)24/h4-5,7H,1,3,8H2,(H,19,22)(H,20,25)(H,23,24)(H4,17,18,21). The lowest BCUT2D eigenvalue weighted by atomic mass is 10.2. The van der Waals surface area contributed by atoms with Crippen LogP contribution in [-0.2, 0) is 9.59 Å². The van der Waals surface area contributed by atoms with Crippen LogP contribution in [0.3, 0.4) is 0 Å². The monoisotopic (exact) mass is 365 g/mol. The van der Waals surface area contributed by atoms with Crippen molar-refractivity contribution in [3.8, 4) is 12.0 Å². The lowest BCUT2D eigenvalue weighted by Crippen LogP contribution is -2.35. The number of carbonyl (C=O) groups excluding carboxylic acids is 2. The van der Waals surface area contributed by atoms with E-state index in [2.05, 4.69) is 27.6 Å². The highest BCUT2D eigenvalue weighted by Crippen LogP contribution is 2.25. The first-order valence-electron chi connectivity index (χ1n) is 6.95. The quantitative estimate of drug-likeness (QED) is 0.205. The third kappa shape index (κ3) is 7.71. The number of nitrogens with zero attached hydrogens (tertiary/aromatic N) is 1. The molecule has 0 spiro atoms. The Morgan fingerprint density at radius 2 is 2.00 bits per heavy atom. The SMILES string of the molecule is NC(N)=Nc1cc(C(=O)NCC(=O)NC#CCCC(=O)O)ccc1Cl. The summed E-state index contributed by atoms with van der Waals surface area (Å²) in [6.45, 7) is -0.313. The van der Waals surface area contributed by atoms with E-state index >= 15 is 0 Å². The Kier molecular flexibility index (Phi) is 7.75. The van der Waals surface area contributed by atoms with Crippen LogP contribution in [0, 0.1) is 12.0 Å². The Morgan fingerprint density at radius 1 is 1.28 bits per heavy atom. The number of hydrogen-bond acceptors (Lipinski definition) is 4. The van der Waals surface area contributed by atoms with E-state index in [4.69, 9.17) is 28.2 Å². The molecule has 0 aliphatic heterocycles. The lowest BCUT2D eigenvalue weighted by molar-refractivity contribution is -0.136. The van der Waals surface area contributed by atoms with Crippen molar-refractivity contribution in [3.63, 3.8) is 0 Å². The molecule has 1 aromatic carbocycles. The first kappa shape index (κ1) is 19.8. The molecule has 0 unspecified atom stereocenters. The molecule has 7 N–H and O–H groups in total. The molecule has 25 heavy (non-hydrogen) atoms. The van der Waals surface area contributed by atoms with E-state index < -0.39 is 17.8 Å². The molecule has 0 aliphatic carbocycles. The number of guanidine groups is 1. The van der Waals surface area contributed by atoms with Gasteiger partial charge in [-0.25, -0.2) is 4.99 Å². The van der Waals surface area contributed by atoms with Gasteiger partial charge in [0.05, 0.1) is 23.7 Å². The van der Waals surface area contributed by atoms with Crippen LogP contribution in [0.5, 0.6) is 0 Å². The number of amides is 2. The highest BCUT2D eigenvalue weighted by atomic mass is 35.5. The molecule has 10 heteroatoms. The fourth-order valence-corrected chi connectivity index (χ4v) is 1.69. The number of carboxylic acid groups (broad SMARTS) is 1. The zero-order chi connectivity index (χ0) is 18.8. The summed E-state index contributed by atoms with van der Waals surface area (Å²) in [5.41, 5.74) is 11.0. The number of halogens is 1. The number of benzene rings is 1. The van der Waals surface area contributed by atoms with Crippen LogP contribution >= 0.6 is 11.6 Å². The van der Waals surface area contributed by atoms with Crippen molar-refractivity contribution in [1.82, 2.24) is 10.6 Å². The van der Waals surface area contributed by atoms with Crippen LogP contribution in [0.15, 0.2) is 23.2 Å². The maximum atomic E-state index is 12.0. The van der Waals surface area contributed by atoms with Crippen LogP contribution in [0.4, 0.5) is 5.69 Å². The normalized spacial score (nSPS) is 9.32. The number of carbonyl (C=O) groups is 3. The minimum atomic E-state index is -0.976. The molecule has 2 amide bonds. The first-order chi connectivity index (χ1) is 11.8. The van der Waals surface area contributed by atoms with E-state index in [0.717, 1.165) is 0 Å². The average Bonchev–Trinajstić information content (AvgIpc) is 2.53. The van der Waals surface area contributed by atoms with Gasteiger partial charge in [-0.2, -0.15) is 0 Å². The molecule has 0 aromatic heterocycles. The Hall–Kier alpha value is -3.25. The van der Waals surface area contributed by atoms with E-state index in [1.807, 2.05) is 0 Å². The molecule has 0 saturated heterocycles. The van der Waals surface area contributed by atoms with Gasteiger partial charge in [-0.15, -0.1) is 0 Å². The molecule has 132 valence electrons. The maximum Gasteiger partial charge on any atom is 0.304 e. The summed E-state index contributed by atoms with van der Waals surface area (Å²) in [5, 5.41) is 13.3. The second-order valence-electron chi connectivity index (χ2n) is 4.63. The zero-order valence-corrected chi connectivity index (χ0v) is 13.8. The predicted octanol–water partition coefficient (Wildman–Crippen LogP) is -0.0834. The fraction of sp³-hybridized carbons (Fsp3) is 0.200. The van der Waals surface area contributed by atoms with Crippen LogP contribution < -0.4 is 22.1 Å². The van der Waals surface area contributed by atoms with E-state index in [-0.39, 0.29) is 41.6 Å². The number of aliphatic carboxylic acids is 1. The summed E-state index contributed by atoms with van der Waals surface area (Å²) >= 11 is 5.91. The van der Waals surface area contributed by atoms with E-state index in [1.54, 1.807) is 0 Å². The topological polar surface area (TPSA) is 160 Å². The predicted molar refractivity (Wildman–Crippen MR) is 92.0 cm³/mol. The second-order valence-corrected chi connectivity index (χ2v) is 5.04. The molecule has 0 radical (unpaired) electrons. The molecule has 0 bridgehead atoms. The molecule has 1 rings (SSSR count). The minimum Gasteiger partial charge on any atom is -0.481 e. The van der Waals surface area contributed by atoms with Crippen LogP contribution in [0.25, 0.3) is 0 Å². The van der Waals surface area contributed by atoms with E-state index in [1.165, 1.54) is 18.2 Å². The summed E-state index contributed by atoms with van der Waals surface area (Å²) in [6, 6.07) is 6.59. The van der Waals surface area contributed by atoms with Gasteiger partial charge in [-0.3, -0.25) is 19.7 Å². The number of hydrogen-bond donors (Lipinski definition) is 5. The molecular formula is C15H16ClN5O4. The molecule has 1 aromatic rings. The van der Waals surface area contributed by atoms with Gasteiger partial charge < -0.3 is 21.9 Å². The average molecular weight is 366 g/mol. The van der Waals surface area contributed by atoms with Crippen molar-refractivity contribution in [2.24, 2.45) is 16.5 Å². The van der Waals surface area contributed by atoms with Crippen LogP contribution in [-0.4, -0.2) is 35.4 Å². The van der Waals surface area contributed by atoms with Crippen molar-refractivity contribution in [2.45, 2.75) is 12.8 Å². The highest BCUT2D eigenvalue weighted by molar-refractivity contribution is 6.33. The van der Waals surface area contributed by atoms with Gasteiger partial charge in [0.2, 0.25) is 0 Å². The molecule has 0 aliphatic rings. The lowest BCUT2D eigenvalue weighted by Gasteiger charge is -2.06. The highest BCUT2D eigenvalue weighted by Gasteiger charge is 2.10. The van der Waals surface area contributed by atoms with Gasteiger partial charge in [0.15, 0.2) is 5.96 Å². The third-order valence-corrected chi connectivity index (χ3v) is 2.94. The number of aliphatic imine (C=N–C) groups is 1. The molecule has 0 fully saturated rings. The van der Waals surface area contributed by atoms with Gasteiger partial charge in [-0.1, -0.05) is 17.5 Å². The summed E-state index contributed by atoms with van der Waals surface area (Å²) in [5.74, 6) is 0.210. The largest absolute Gasteiger partial charge is 0.481 e. The van der Waals surface area contributed by atoms with Crippen molar-refractivity contribution in [2.75, 3.05) is 6.54 Å². The van der Waals surface area contributed by atoms with E-state index in [0.29, 0.717) is 0 Å².